The summed E-state index contributed by atoms with van der Waals surface area (Å²) in [5.74, 6) is -2.18. The van der Waals surface area contributed by atoms with E-state index in [0.717, 1.165) is 5.69 Å². The van der Waals surface area contributed by atoms with Crippen molar-refractivity contribution in [1.29, 1.82) is 0 Å². The molecular weight excluding hydrogens is 435 g/mol. The van der Waals surface area contributed by atoms with Gasteiger partial charge >= 0.3 is 11.8 Å². The van der Waals surface area contributed by atoms with Gasteiger partial charge in [0.25, 0.3) is 0 Å². The number of aromatic nitrogens is 3. The highest BCUT2D eigenvalue weighted by molar-refractivity contribution is 7.15. The zero-order valence-electron chi connectivity index (χ0n) is 16.5. The van der Waals surface area contributed by atoms with Gasteiger partial charge in [-0.15, -0.1) is 16.4 Å². The van der Waals surface area contributed by atoms with Crippen molar-refractivity contribution < 1.29 is 18.8 Å². The fourth-order valence-corrected chi connectivity index (χ4v) is 3.79. The average Bonchev–Trinajstić information content (AvgIpc) is 3.36. The van der Waals surface area contributed by atoms with E-state index in [9.17, 15) is 18.8 Å². The molecule has 32 heavy (non-hydrogen) atoms. The first-order valence-electron chi connectivity index (χ1n) is 9.49. The molecule has 0 bridgehead atoms. The number of fused-ring (bicyclic) bond motifs is 1. The Labute approximate surface area is 185 Å². The number of nitrogens with zero attached hydrogens (tertiary/aromatic N) is 3. The molecule has 9 nitrogen and oxygen atoms in total. The number of carbonyl (C=O) groups is 3. The van der Waals surface area contributed by atoms with Crippen molar-refractivity contribution in [3.05, 3.63) is 71.0 Å². The molecule has 4 N–H and O–H groups in total. The molecule has 0 atom stereocenters. The van der Waals surface area contributed by atoms with Crippen molar-refractivity contribution in [2.24, 2.45) is 5.73 Å². The Bertz CT molecular complexity index is 1310. The molecule has 0 radical (unpaired) electrons. The van der Waals surface area contributed by atoms with Crippen LogP contribution in [0.2, 0.25) is 0 Å². The van der Waals surface area contributed by atoms with Crippen LogP contribution in [0.1, 0.15) is 16.1 Å². The average molecular weight is 452 g/mol. The van der Waals surface area contributed by atoms with Crippen LogP contribution in [0.15, 0.2) is 53.9 Å². The third-order valence-corrected chi connectivity index (χ3v) is 5.40. The normalized spacial score (nSPS) is 10.8. The van der Waals surface area contributed by atoms with E-state index in [1.165, 1.54) is 47.7 Å². The lowest BCUT2D eigenvalue weighted by Crippen LogP contribution is -2.36. The van der Waals surface area contributed by atoms with Crippen molar-refractivity contribution in [1.82, 2.24) is 19.9 Å². The van der Waals surface area contributed by atoms with E-state index >= 15 is 0 Å². The van der Waals surface area contributed by atoms with Crippen LogP contribution < -0.4 is 16.4 Å². The van der Waals surface area contributed by atoms with Crippen LogP contribution in [0.5, 0.6) is 0 Å². The lowest BCUT2D eigenvalue weighted by Gasteiger charge is -2.06. The number of hydrogen-bond acceptors (Lipinski definition) is 6. The molecular formula is C21H17FN6O3S. The number of benzene rings is 2. The Morgan fingerprint density at radius 3 is 2.59 bits per heavy atom. The number of thiazole rings is 1. The molecule has 162 valence electrons. The predicted molar refractivity (Wildman–Crippen MR) is 117 cm³/mol. The van der Waals surface area contributed by atoms with E-state index in [1.807, 2.05) is 5.38 Å². The van der Waals surface area contributed by atoms with Gasteiger partial charge in [0.1, 0.15) is 5.82 Å². The summed E-state index contributed by atoms with van der Waals surface area (Å²) in [6.45, 7) is 0.202. The molecule has 2 aromatic carbocycles. The highest BCUT2D eigenvalue weighted by Gasteiger charge is 2.15. The number of anilines is 1. The minimum absolute atomic E-state index is 0.202. The lowest BCUT2D eigenvalue weighted by molar-refractivity contribution is -0.136. The van der Waals surface area contributed by atoms with Crippen LogP contribution in [0.3, 0.4) is 0 Å². The largest absolute Gasteiger partial charge is 0.366 e. The molecule has 4 aromatic rings. The summed E-state index contributed by atoms with van der Waals surface area (Å²) < 4.78 is 15.1. The number of nitrogens with two attached hydrogens (primary N) is 1. The van der Waals surface area contributed by atoms with Crippen molar-refractivity contribution in [2.45, 2.75) is 6.42 Å². The molecule has 0 aliphatic carbocycles. The van der Waals surface area contributed by atoms with Gasteiger partial charge in [-0.1, -0.05) is 12.1 Å². The number of rotatable bonds is 6. The maximum Gasteiger partial charge on any atom is 0.313 e. The summed E-state index contributed by atoms with van der Waals surface area (Å²) >= 11 is 1.37. The van der Waals surface area contributed by atoms with Crippen molar-refractivity contribution in [2.75, 3.05) is 11.9 Å². The van der Waals surface area contributed by atoms with E-state index in [-0.39, 0.29) is 12.4 Å². The van der Waals surface area contributed by atoms with Gasteiger partial charge < -0.3 is 16.4 Å². The summed E-state index contributed by atoms with van der Waals surface area (Å²) in [5.41, 5.74) is 7.19. The highest BCUT2D eigenvalue weighted by atomic mass is 32.1. The number of nitrogens with one attached hydrogen (secondary N) is 2. The van der Waals surface area contributed by atoms with Crippen LogP contribution in [0, 0.1) is 5.82 Å². The van der Waals surface area contributed by atoms with Gasteiger partial charge in [0.2, 0.25) is 10.9 Å². The monoisotopic (exact) mass is 452 g/mol. The minimum Gasteiger partial charge on any atom is -0.366 e. The van der Waals surface area contributed by atoms with E-state index in [1.54, 1.807) is 16.6 Å². The molecule has 2 aromatic heterocycles. The maximum absolute atomic E-state index is 13.5. The highest BCUT2D eigenvalue weighted by Crippen LogP contribution is 2.21. The molecule has 0 aliphatic rings. The molecule has 0 aliphatic heterocycles. The van der Waals surface area contributed by atoms with Crippen molar-refractivity contribution in [3.63, 3.8) is 0 Å². The second-order valence-corrected chi connectivity index (χ2v) is 7.61. The number of carbonyl (C=O) groups excluding carboxylic acids is 3. The van der Waals surface area contributed by atoms with Gasteiger partial charge in [-0.25, -0.2) is 8.91 Å². The molecule has 3 amide bonds. The molecule has 0 fully saturated rings. The second kappa shape index (κ2) is 8.94. The van der Waals surface area contributed by atoms with E-state index < -0.39 is 17.7 Å². The van der Waals surface area contributed by atoms with Crippen molar-refractivity contribution >= 4 is 39.7 Å². The maximum atomic E-state index is 13.5. The van der Waals surface area contributed by atoms with E-state index in [2.05, 4.69) is 20.7 Å². The van der Waals surface area contributed by atoms with Gasteiger partial charge in [0.05, 0.1) is 5.69 Å². The summed E-state index contributed by atoms with van der Waals surface area (Å²) in [5, 5.41) is 11.3. The number of halogens is 1. The first kappa shape index (κ1) is 21.1. The molecule has 2 heterocycles. The molecule has 0 saturated carbocycles. The SMILES string of the molecule is NC(=O)c1ccc(NC(=O)C(=O)NCCc2csc3nc(-c4cccc(F)c4)nn23)cc1. The summed E-state index contributed by atoms with van der Waals surface area (Å²) in [7, 11) is 0. The Kier molecular flexibility index (Phi) is 5.90. The Hall–Kier alpha value is -4.12. The van der Waals surface area contributed by atoms with E-state index in [4.69, 9.17) is 5.73 Å². The smallest absolute Gasteiger partial charge is 0.313 e. The molecule has 4 rings (SSSR count). The Morgan fingerprint density at radius 2 is 1.88 bits per heavy atom. The zero-order valence-corrected chi connectivity index (χ0v) is 17.4. The van der Waals surface area contributed by atoms with Crippen LogP contribution in [-0.2, 0) is 16.0 Å². The van der Waals surface area contributed by atoms with Crippen LogP contribution in [-0.4, -0.2) is 38.9 Å². The van der Waals surface area contributed by atoms with Crippen LogP contribution >= 0.6 is 11.3 Å². The van der Waals surface area contributed by atoms with Gasteiger partial charge in [-0.3, -0.25) is 14.4 Å². The number of hydrogen-bond donors (Lipinski definition) is 3. The fraction of sp³-hybridized carbons (Fsp3) is 0.0952. The van der Waals surface area contributed by atoms with Gasteiger partial charge in [0, 0.05) is 35.2 Å². The van der Waals surface area contributed by atoms with E-state index in [0.29, 0.717) is 34.0 Å². The van der Waals surface area contributed by atoms with Crippen LogP contribution in [0.4, 0.5) is 10.1 Å². The first-order valence-corrected chi connectivity index (χ1v) is 10.4. The topological polar surface area (TPSA) is 131 Å². The number of amides is 3. The minimum atomic E-state index is -0.832. The number of primary amides is 1. The summed E-state index contributed by atoms with van der Waals surface area (Å²) in [6, 6.07) is 11.9. The summed E-state index contributed by atoms with van der Waals surface area (Å²) in [4.78, 5) is 40.2. The molecule has 0 unspecified atom stereocenters. The second-order valence-electron chi connectivity index (χ2n) is 6.77. The molecule has 11 heteroatoms. The molecule has 0 saturated heterocycles. The van der Waals surface area contributed by atoms with Gasteiger partial charge in [-0.2, -0.15) is 4.98 Å². The molecule has 0 spiro atoms. The predicted octanol–water partition coefficient (Wildman–Crippen LogP) is 1.99. The summed E-state index contributed by atoms with van der Waals surface area (Å²) in [6.07, 6.45) is 0.415. The van der Waals surface area contributed by atoms with Gasteiger partial charge in [-0.05, 0) is 36.4 Å². The van der Waals surface area contributed by atoms with Crippen molar-refractivity contribution in [3.8, 4) is 11.4 Å². The standard InChI is InChI=1S/C21H17FN6O3S/c22-14-3-1-2-13(10-14)18-26-21-28(27-18)16(11-32-21)8-9-24-19(30)20(31)25-15-6-4-12(5-7-15)17(23)29/h1-7,10-11H,8-9H2,(H2,23,29)(H,24,30)(H,25,31). The van der Waals surface area contributed by atoms with Crippen LogP contribution in [0.25, 0.3) is 16.3 Å². The zero-order chi connectivity index (χ0) is 22.7. The third-order valence-electron chi connectivity index (χ3n) is 4.53. The third kappa shape index (κ3) is 4.62. The Morgan fingerprint density at radius 1 is 1.09 bits per heavy atom. The Balaban J connectivity index is 1.34. The van der Waals surface area contributed by atoms with Gasteiger partial charge in [0.15, 0.2) is 5.82 Å². The lowest BCUT2D eigenvalue weighted by atomic mass is 10.2. The quantitative estimate of drug-likeness (QED) is 0.385. The fourth-order valence-electron chi connectivity index (χ4n) is 2.94. The first-order chi connectivity index (χ1) is 15.4.